The molecule has 0 fully saturated rings. The minimum atomic E-state index is -0.688. The fourth-order valence-electron chi connectivity index (χ4n) is 1.39. The minimum Gasteiger partial charge on any atom is -0.465 e. The Balaban J connectivity index is 3.07. The highest BCUT2D eigenvalue weighted by Crippen LogP contribution is 2.19. The van der Waals surface area contributed by atoms with Gasteiger partial charge in [-0.1, -0.05) is 26.8 Å². The molecule has 0 amide bonds. The van der Waals surface area contributed by atoms with E-state index in [1.165, 1.54) is 25.3 Å². The van der Waals surface area contributed by atoms with Gasteiger partial charge in [-0.15, -0.1) is 0 Å². The van der Waals surface area contributed by atoms with Crippen molar-refractivity contribution in [3.05, 3.63) is 30.1 Å². The van der Waals surface area contributed by atoms with Crippen LogP contribution in [0, 0.1) is 11.2 Å². The maximum atomic E-state index is 13.1. The molecule has 0 unspecified atom stereocenters. The SMILES string of the molecule is COC(=O)C(CC(=O)C(C)(C)C)=Nc1cccc(F)c1. The molecule has 0 spiro atoms. The van der Waals surface area contributed by atoms with E-state index in [1.807, 2.05) is 0 Å². The summed E-state index contributed by atoms with van der Waals surface area (Å²) in [6, 6.07) is 5.49. The van der Waals surface area contributed by atoms with Crippen LogP contribution in [0.1, 0.15) is 27.2 Å². The van der Waals surface area contributed by atoms with E-state index in [-0.39, 0.29) is 23.6 Å². The van der Waals surface area contributed by atoms with Crippen LogP contribution in [0.15, 0.2) is 29.3 Å². The highest BCUT2D eigenvalue weighted by Gasteiger charge is 2.25. The summed E-state index contributed by atoms with van der Waals surface area (Å²) in [5, 5.41) is 0. The number of carbonyl (C=O) groups excluding carboxylic acids is 2. The highest BCUT2D eigenvalue weighted by atomic mass is 19.1. The van der Waals surface area contributed by atoms with Crippen molar-refractivity contribution in [2.75, 3.05) is 7.11 Å². The van der Waals surface area contributed by atoms with E-state index >= 15 is 0 Å². The zero-order valence-corrected chi connectivity index (χ0v) is 12.1. The monoisotopic (exact) mass is 279 g/mol. The molecule has 1 aromatic carbocycles. The number of aliphatic imine (C=N–C) groups is 1. The van der Waals surface area contributed by atoms with Gasteiger partial charge < -0.3 is 4.74 Å². The average Bonchev–Trinajstić information content (AvgIpc) is 2.35. The zero-order chi connectivity index (χ0) is 15.3. The van der Waals surface area contributed by atoms with Crippen LogP contribution >= 0.6 is 0 Å². The molecule has 0 aliphatic heterocycles. The third-order valence-electron chi connectivity index (χ3n) is 2.66. The smallest absolute Gasteiger partial charge is 0.352 e. The van der Waals surface area contributed by atoms with Crippen molar-refractivity contribution in [1.29, 1.82) is 0 Å². The van der Waals surface area contributed by atoms with Gasteiger partial charge in [0.05, 0.1) is 19.2 Å². The van der Waals surface area contributed by atoms with Gasteiger partial charge in [-0.25, -0.2) is 14.2 Å². The summed E-state index contributed by atoms with van der Waals surface area (Å²) in [4.78, 5) is 27.7. The fourth-order valence-corrected chi connectivity index (χ4v) is 1.39. The first-order valence-corrected chi connectivity index (χ1v) is 6.19. The summed E-state index contributed by atoms with van der Waals surface area (Å²) >= 11 is 0. The third kappa shape index (κ3) is 4.57. The van der Waals surface area contributed by atoms with Crippen LogP contribution in [0.25, 0.3) is 0 Å². The van der Waals surface area contributed by atoms with Gasteiger partial charge in [0.2, 0.25) is 0 Å². The molecule has 0 aliphatic rings. The second-order valence-corrected chi connectivity index (χ2v) is 5.38. The number of nitrogens with zero attached hydrogens (tertiary/aromatic N) is 1. The number of halogens is 1. The maximum absolute atomic E-state index is 13.1. The third-order valence-corrected chi connectivity index (χ3v) is 2.66. The van der Waals surface area contributed by atoms with Crippen LogP contribution in [0.2, 0.25) is 0 Å². The Kier molecular flexibility index (Phi) is 5.13. The lowest BCUT2D eigenvalue weighted by molar-refractivity contribution is -0.134. The standard InChI is InChI=1S/C15H18FNO3/c1-15(2,3)13(18)9-12(14(19)20-4)17-11-7-5-6-10(16)8-11/h5-8H,9H2,1-4H3. The minimum absolute atomic E-state index is 0.0296. The number of carbonyl (C=O) groups is 2. The number of hydrogen-bond donors (Lipinski definition) is 0. The van der Waals surface area contributed by atoms with Crippen molar-refractivity contribution < 1.29 is 18.7 Å². The number of Topliss-reactive ketones (excluding diaryl/α,β-unsaturated/α-hetero) is 1. The predicted molar refractivity (Wildman–Crippen MR) is 74.6 cm³/mol. The number of ketones is 1. The molecule has 108 valence electrons. The van der Waals surface area contributed by atoms with Crippen molar-refractivity contribution in [3.63, 3.8) is 0 Å². The molecule has 0 radical (unpaired) electrons. The molecule has 0 bridgehead atoms. The fraction of sp³-hybridized carbons (Fsp3) is 0.400. The van der Waals surface area contributed by atoms with Gasteiger partial charge in [-0.2, -0.15) is 0 Å². The number of methoxy groups -OCH3 is 1. The van der Waals surface area contributed by atoms with E-state index in [0.717, 1.165) is 0 Å². The molecule has 0 aliphatic carbocycles. The molecule has 0 heterocycles. The van der Waals surface area contributed by atoms with Crippen molar-refractivity contribution >= 4 is 23.2 Å². The molecule has 0 N–H and O–H groups in total. The Morgan fingerprint density at radius 1 is 1.30 bits per heavy atom. The Bertz CT molecular complexity index is 544. The summed E-state index contributed by atoms with van der Waals surface area (Å²) in [6.45, 7) is 5.27. The van der Waals surface area contributed by atoms with E-state index in [0.29, 0.717) is 0 Å². The number of esters is 1. The number of ether oxygens (including phenoxy) is 1. The Labute approximate surface area is 117 Å². The van der Waals surface area contributed by atoms with Crippen molar-refractivity contribution in [2.24, 2.45) is 10.4 Å². The van der Waals surface area contributed by atoms with Gasteiger partial charge in [0, 0.05) is 5.41 Å². The molecule has 1 rings (SSSR count). The lowest BCUT2D eigenvalue weighted by Gasteiger charge is -2.16. The van der Waals surface area contributed by atoms with E-state index in [4.69, 9.17) is 0 Å². The van der Waals surface area contributed by atoms with Gasteiger partial charge in [-0.05, 0) is 18.2 Å². The van der Waals surface area contributed by atoms with E-state index in [9.17, 15) is 14.0 Å². The number of hydrogen-bond acceptors (Lipinski definition) is 4. The lowest BCUT2D eigenvalue weighted by atomic mass is 9.88. The molecular weight excluding hydrogens is 261 g/mol. The van der Waals surface area contributed by atoms with Gasteiger partial charge in [0.15, 0.2) is 0 Å². The van der Waals surface area contributed by atoms with Crippen LogP contribution in [-0.4, -0.2) is 24.6 Å². The Hall–Kier alpha value is -2.04. The average molecular weight is 279 g/mol. The van der Waals surface area contributed by atoms with Gasteiger partial charge in [0.1, 0.15) is 17.3 Å². The topological polar surface area (TPSA) is 55.7 Å². The van der Waals surface area contributed by atoms with Crippen LogP contribution in [0.3, 0.4) is 0 Å². The first kappa shape index (κ1) is 16.0. The van der Waals surface area contributed by atoms with Gasteiger partial charge in [0.25, 0.3) is 0 Å². The van der Waals surface area contributed by atoms with E-state index < -0.39 is 17.2 Å². The first-order valence-electron chi connectivity index (χ1n) is 6.19. The molecule has 0 saturated heterocycles. The quantitative estimate of drug-likeness (QED) is 0.628. The highest BCUT2D eigenvalue weighted by molar-refractivity contribution is 6.40. The first-order chi connectivity index (χ1) is 9.24. The summed E-state index contributed by atoms with van der Waals surface area (Å²) in [6.07, 6.45) is -0.146. The van der Waals surface area contributed by atoms with Crippen LogP contribution in [-0.2, 0) is 14.3 Å². The van der Waals surface area contributed by atoms with Crippen molar-refractivity contribution in [2.45, 2.75) is 27.2 Å². The molecular formula is C15H18FNO3. The normalized spacial score (nSPS) is 12.2. The predicted octanol–water partition coefficient (Wildman–Crippen LogP) is 3.08. The second-order valence-electron chi connectivity index (χ2n) is 5.38. The molecule has 1 aromatic rings. The molecule has 0 saturated carbocycles. The molecule has 0 atom stereocenters. The summed E-state index contributed by atoms with van der Waals surface area (Å²) in [5.74, 6) is -1.29. The molecule has 20 heavy (non-hydrogen) atoms. The number of rotatable bonds is 4. The zero-order valence-electron chi connectivity index (χ0n) is 12.1. The van der Waals surface area contributed by atoms with Crippen LogP contribution in [0.5, 0.6) is 0 Å². The lowest BCUT2D eigenvalue weighted by Crippen LogP contribution is -2.27. The molecule has 0 aromatic heterocycles. The van der Waals surface area contributed by atoms with Crippen LogP contribution in [0.4, 0.5) is 10.1 Å². The Morgan fingerprint density at radius 3 is 2.45 bits per heavy atom. The summed E-state index contributed by atoms with van der Waals surface area (Å²) < 4.78 is 17.7. The maximum Gasteiger partial charge on any atom is 0.352 e. The summed E-state index contributed by atoms with van der Waals surface area (Å²) in [5.41, 5.74) is -0.346. The Morgan fingerprint density at radius 2 is 1.95 bits per heavy atom. The van der Waals surface area contributed by atoms with Crippen molar-refractivity contribution in [3.8, 4) is 0 Å². The molecule has 4 nitrogen and oxygen atoms in total. The summed E-state index contributed by atoms with van der Waals surface area (Å²) in [7, 11) is 1.21. The molecule has 5 heteroatoms. The number of benzene rings is 1. The second kappa shape index (κ2) is 6.41. The van der Waals surface area contributed by atoms with E-state index in [1.54, 1.807) is 26.8 Å². The van der Waals surface area contributed by atoms with Crippen LogP contribution < -0.4 is 0 Å². The van der Waals surface area contributed by atoms with Gasteiger partial charge >= 0.3 is 5.97 Å². The van der Waals surface area contributed by atoms with E-state index in [2.05, 4.69) is 9.73 Å². The van der Waals surface area contributed by atoms with Gasteiger partial charge in [-0.3, -0.25) is 4.79 Å². The van der Waals surface area contributed by atoms with Crippen molar-refractivity contribution in [1.82, 2.24) is 0 Å². The largest absolute Gasteiger partial charge is 0.465 e.